The SMILES string of the molecule is CC(C)OCCCNC(=O)[C@H](C)N(Cc1ccccc1)C(=O)CCc1ccc(S(=O)(=O)NC2CC2)cc1. The van der Waals surface area contributed by atoms with Gasteiger partial charge >= 0.3 is 0 Å². The molecule has 0 heterocycles. The second-order valence-electron chi connectivity index (χ2n) is 9.79. The van der Waals surface area contributed by atoms with E-state index >= 15 is 0 Å². The van der Waals surface area contributed by atoms with Gasteiger partial charge in [0, 0.05) is 32.2 Å². The second-order valence-corrected chi connectivity index (χ2v) is 11.5. The fourth-order valence-electron chi connectivity index (χ4n) is 3.83. The summed E-state index contributed by atoms with van der Waals surface area (Å²) >= 11 is 0. The minimum Gasteiger partial charge on any atom is -0.379 e. The standard InChI is InChI=1S/C28H39N3O5S/c1-21(2)36-19-7-18-29-28(33)22(3)31(20-24-8-5-4-6-9-24)27(32)17-12-23-10-15-26(16-11-23)37(34,35)30-25-13-14-25/h4-6,8-11,15-16,21-22,25,30H,7,12-14,17-20H2,1-3H3,(H,29,33)/t22-/m0/s1. The van der Waals surface area contributed by atoms with Crippen LogP contribution in [0, 0.1) is 0 Å². The topological polar surface area (TPSA) is 105 Å². The van der Waals surface area contributed by atoms with Gasteiger partial charge in [-0.1, -0.05) is 42.5 Å². The minimum atomic E-state index is -3.51. The second kappa shape index (κ2) is 13.7. The third-order valence-electron chi connectivity index (χ3n) is 6.19. The van der Waals surface area contributed by atoms with Gasteiger partial charge in [0.05, 0.1) is 11.0 Å². The van der Waals surface area contributed by atoms with Crippen LogP contribution in [0.4, 0.5) is 0 Å². The third kappa shape index (κ3) is 9.57. The molecule has 1 aliphatic rings. The summed E-state index contributed by atoms with van der Waals surface area (Å²) in [6.07, 6.45) is 3.25. The Hall–Kier alpha value is -2.75. The first kappa shape index (κ1) is 28.8. The molecule has 9 heteroatoms. The van der Waals surface area contributed by atoms with Gasteiger partial charge in [-0.3, -0.25) is 9.59 Å². The fraction of sp³-hybridized carbons (Fsp3) is 0.500. The molecule has 0 unspecified atom stereocenters. The van der Waals surface area contributed by atoms with Crippen molar-refractivity contribution in [2.75, 3.05) is 13.2 Å². The molecule has 0 bridgehead atoms. The van der Waals surface area contributed by atoms with E-state index in [0.29, 0.717) is 32.5 Å². The molecule has 1 aliphatic carbocycles. The number of aryl methyl sites for hydroxylation is 1. The highest BCUT2D eigenvalue weighted by atomic mass is 32.2. The highest BCUT2D eigenvalue weighted by molar-refractivity contribution is 7.89. The molecule has 0 aliphatic heterocycles. The third-order valence-corrected chi connectivity index (χ3v) is 7.73. The number of rotatable bonds is 15. The van der Waals surface area contributed by atoms with Crippen molar-refractivity contribution < 1.29 is 22.7 Å². The molecule has 0 saturated heterocycles. The van der Waals surface area contributed by atoms with E-state index in [1.54, 1.807) is 36.1 Å². The lowest BCUT2D eigenvalue weighted by molar-refractivity contribution is -0.140. The first-order valence-corrected chi connectivity index (χ1v) is 14.5. The number of nitrogens with zero attached hydrogens (tertiary/aromatic N) is 1. The van der Waals surface area contributed by atoms with Crippen molar-refractivity contribution in [3.8, 4) is 0 Å². The zero-order valence-electron chi connectivity index (χ0n) is 22.0. The molecular weight excluding hydrogens is 490 g/mol. The molecule has 37 heavy (non-hydrogen) atoms. The van der Waals surface area contributed by atoms with E-state index < -0.39 is 16.1 Å². The number of amides is 2. The van der Waals surface area contributed by atoms with Gasteiger partial charge in [0.15, 0.2) is 0 Å². The monoisotopic (exact) mass is 529 g/mol. The Morgan fingerprint density at radius 2 is 1.68 bits per heavy atom. The van der Waals surface area contributed by atoms with E-state index in [1.165, 1.54) is 0 Å². The molecule has 2 N–H and O–H groups in total. The Kier molecular flexibility index (Phi) is 10.7. The molecule has 202 valence electrons. The van der Waals surface area contributed by atoms with E-state index in [1.807, 2.05) is 44.2 Å². The van der Waals surface area contributed by atoms with Gasteiger partial charge in [-0.05, 0) is 69.7 Å². The maximum absolute atomic E-state index is 13.3. The molecule has 1 atom stereocenters. The van der Waals surface area contributed by atoms with Crippen molar-refractivity contribution in [1.29, 1.82) is 0 Å². The van der Waals surface area contributed by atoms with Crippen LogP contribution in [0.3, 0.4) is 0 Å². The van der Waals surface area contributed by atoms with Crippen LogP contribution in [0.25, 0.3) is 0 Å². The largest absolute Gasteiger partial charge is 0.379 e. The number of ether oxygens (including phenoxy) is 1. The molecule has 0 radical (unpaired) electrons. The Balaban J connectivity index is 1.59. The van der Waals surface area contributed by atoms with Crippen molar-refractivity contribution >= 4 is 21.8 Å². The highest BCUT2D eigenvalue weighted by Gasteiger charge is 2.28. The summed E-state index contributed by atoms with van der Waals surface area (Å²) in [6.45, 7) is 7.05. The normalized spacial score (nSPS) is 14.4. The van der Waals surface area contributed by atoms with E-state index in [9.17, 15) is 18.0 Å². The average Bonchev–Trinajstić information content (AvgIpc) is 3.69. The molecule has 0 aromatic heterocycles. The molecule has 3 rings (SSSR count). The van der Waals surface area contributed by atoms with E-state index in [4.69, 9.17) is 4.74 Å². The van der Waals surface area contributed by atoms with Crippen LogP contribution in [-0.4, -0.2) is 56.5 Å². The van der Waals surface area contributed by atoms with Gasteiger partial charge in [0.2, 0.25) is 21.8 Å². The molecule has 2 aromatic carbocycles. The number of carbonyl (C=O) groups is 2. The van der Waals surface area contributed by atoms with Crippen LogP contribution < -0.4 is 10.0 Å². The summed E-state index contributed by atoms with van der Waals surface area (Å²) in [4.78, 5) is 28.0. The molecule has 2 aromatic rings. The van der Waals surface area contributed by atoms with Gasteiger partial charge in [0.25, 0.3) is 0 Å². The lowest BCUT2D eigenvalue weighted by Crippen LogP contribution is -2.48. The molecule has 1 saturated carbocycles. The summed E-state index contributed by atoms with van der Waals surface area (Å²) in [5.41, 5.74) is 1.80. The summed E-state index contributed by atoms with van der Waals surface area (Å²) in [7, 11) is -3.51. The highest BCUT2D eigenvalue weighted by Crippen LogP contribution is 2.22. The molecule has 2 amide bonds. The van der Waals surface area contributed by atoms with Crippen molar-refractivity contribution in [3.63, 3.8) is 0 Å². The maximum atomic E-state index is 13.3. The Bertz CT molecular complexity index is 1120. The van der Waals surface area contributed by atoms with Gasteiger partial charge in [-0.25, -0.2) is 13.1 Å². The van der Waals surface area contributed by atoms with Crippen LogP contribution in [0.15, 0.2) is 59.5 Å². The first-order valence-electron chi connectivity index (χ1n) is 13.0. The Morgan fingerprint density at radius 3 is 2.30 bits per heavy atom. The van der Waals surface area contributed by atoms with Gasteiger partial charge in [-0.15, -0.1) is 0 Å². The summed E-state index contributed by atoms with van der Waals surface area (Å²) < 4.78 is 33.0. The average molecular weight is 530 g/mol. The number of carbonyl (C=O) groups excluding carboxylic acids is 2. The lowest BCUT2D eigenvalue weighted by atomic mass is 10.1. The van der Waals surface area contributed by atoms with Crippen LogP contribution in [0.5, 0.6) is 0 Å². The van der Waals surface area contributed by atoms with Gasteiger partial charge in [-0.2, -0.15) is 0 Å². The molecule has 8 nitrogen and oxygen atoms in total. The predicted octanol–water partition coefficient (Wildman–Crippen LogP) is 3.41. The molecular formula is C28H39N3O5S. The summed E-state index contributed by atoms with van der Waals surface area (Å²) in [6, 6.07) is 15.6. The number of benzene rings is 2. The van der Waals surface area contributed by atoms with Gasteiger partial charge < -0.3 is 15.0 Å². The molecule has 1 fully saturated rings. The van der Waals surface area contributed by atoms with Crippen molar-refractivity contribution in [3.05, 3.63) is 65.7 Å². The van der Waals surface area contributed by atoms with E-state index in [2.05, 4.69) is 10.0 Å². The Labute approximate surface area is 220 Å². The van der Waals surface area contributed by atoms with Crippen LogP contribution in [-0.2, 0) is 37.3 Å². The van der Waals surface area contributed by atoms with Crippen molar-refractivity contribution in [2.45, 2.75) is 82.5 Å². The van der Waals surface area contributed by atoms with Crippen LogP contribution in [0.1, 0.15) is 57.6 Å². The zero-order valence-corrected chi connectivity index (χ0v) is 22.8. The van der Waals surface area contributed by atoms with Crippen LogP contribution in [0.2, 0.25) is 0 Å². The number of hydrogen-bond acceptors (Lipinski definition) is 5. The zero-order chi connectivity index (χ0) is 26.8. The number of hydrogen-bond donors (Lipinski definition) is 2. The maximum Gasteiger partial charge on any atom is 0.242 e. The van der Waals surface area contributed by atoms with Crippen molar-refractivity contribution in [2.24, 2.45) is 0 Å². The van der Waals surface area contributed by atoms with Gasteiger partial charge in [0.1, 0.15) is 6.04 Å². The fourth-order valence-corrected chi connectivity index (χ4v) is 5.14. The minimum absolute atomic E-state index is 0.0467. The smallest absolute Gasteiger partial charge is 0.242 e. The van der Waals surface area contributed by atoms with Crippen LogP contribution >= 0.6 is 0 Å². The molecule has 0 spiro atoms. The van der Waals surface area contributed by atoms with E-state index in [0.717, 1.165) is 24.0 Å². The summed E-state index contributed by atoms with van der Waals surface area (Å²) in [5.74, 6) is -0.340. The first-order chi connectivity index (χ1) is 17.7. The number of nitrogens with one attached hydrogen (secondary N) is 2. The summed E-state index contributed by atoms with van der Waals surface area (Å²) in [5, 5.41) is 2.91. The van der Waals surface area contributed by atoms with E-state index in [-0.39, 0.29) is 35.3 Å². The Morgan fingerprint density at radius 1 is 1.00 bits per heavy atom. The quantitative estimate of drug-likeness (QED) is 0.344. The predicted molar refractivity (Wildman–Crippen MR) is 143 cm³/mol. The van der Waals surface area contributed by atoms with Crippen molar-refractivity contribution in [1.82, 2.24) is 14.9 Å². The number of sulfonamides is 1. The lowest BCUT2D eigenvalue weighted by Gasteiger charge is -2.29.